The first kappa shape index (κ1) is 28.8. The van der Waals surface area contributed by atoms with E-state index in [1.54, 1.807) is 0 Å². The molecule has 0 saturated heterocycles. The van der Waals surface area contributed by atoms with Crippen LogP contribution in [0.15, 0.2) is 140 Å². The van der Waals surface area contributed by atoms with Crippen molar-refractivity contribution in [1.82, 2.24) is 9.13 Å². The van der Waals surface area contributed by atoms with E-state index in [-0.39, 0.29) is 0 Å². The van der Waals surface area contributed by atoms with Gasteiger partial charge >= 0.3 is 0 Å². The molecule has 0 N–H and O–H groups in total. The number of nitriles is 3. The number of para-hydroxylation sites is 2. The molecule has 0 aliphatic rings. The lowest BCUT2D eigenvalue weighted by molar-refractivity contribution is 1.17. The van der Waals surface area contributed by atoms with Crippen LogP contribution < -0.4 is 0 Å². The molecule has 0 saturated carbocycles. The first-order chi connectivity index (χ1) is 25.2. The lowest BCUT2D eigenvalue weighted by Crippen LogP contribution is -1.96. The van der Waals surface area contributed by atoms with Crippen LogP contribution in [-0.4, -0.2) is 9.13 Å². The monoisotopic (exact) mass is 665 g/mol. The second-order valence-corrected chi connectivity index (χ2v) is 13.7. The summed E-state index contributed by atoms with van der Waals surface area (Å²) in [5.41, 5.74) is 10.2. The fraction of sp³-hybridized carbons (Fsp3) is 0. The average molecular weight is 666 g/mol. The molecule has 51 heavy (non-hydrogen) atoms. The Morgan fingerprint density at radius 1 is 0.412 bits per heavy atom. The number of hydrogen-bond acceptors (Lipinski definition) is 4. The van der Waals surface area contributed by atoms with Crippen molar-refractivity contribution in [3.63, 3.8) is 0 Å². The van der Waals surface area contributed by atoms with Crippen molar-refractivity contribution < 1.29 is 0 Å². The molecule has 0 unspecified atom stereocenters. The Kier molecular flexibility index (Phi) is 6.17. The largest absolute Gasteiger partial charge is 0.309 e. The molecule has 6 heteroatoms. The number of rotatable bonds is 3. The van der Waals surface area contributed by atoms with Gasteiger partial charge in [0.25, 0.3) is 0 Å². The van der Waals surface area contributed by atoms with Gasteiger partial charge in [0.1, 0.15) is 12.1 Å². The topological polar surface area (TPSA) is 81.2 Å². The summed E-state index contributed by atoms with van der Waals surface area (Å²) < 4.78 is 6.34. The van der Waals surface area contributed by atoms with Gasteiger partial charge in [-0.3, -0.25) is 0 Å². The Bertz CT molecular complexity index is 3240. The van der Waals surface area contributed by atoms with Crippen LogP contribution in [0.2, 0.25) is 0 Å². The Morgan fingerprint density at radius 3 is 1.73 bits per heavy atom. The van der Waals surface area contributed by atoms with Crippen LogP contribution in [0.4, 0.5) is 0 Å². The minimum atomic E-state index is 0.601. The van der Waals surface area contributed by atoms with Crippen LogP contribution in [0.1, 0.15) is 16.7 Å². The van der Waals surface area contributed by atoms with Gasteiger partial charge in [-0.25, -0.2) is 0 Å². The minimum absolute atomic E-state index is 0.601. The normalized spacial score (nSPS) is 11.5. The molecule has 0 aliphatic heterocycles. The number of hydrogen-bond donors (Lipinski definition) is 0. The highest BCUT2D eigenvalue weighted by Gasteiger charge is 2.22. The lowest BCUT2D eigenvalue weighted by atomic mass is 10.0. The van der Waals surface area contributed by atoms with E-state index in [1.165, 1.54) is 11.3 Å². The smallest absolute Gasteiger partial charge is 0.101 e. The summed E-state index contributed by atoms with van der Waals surface area (Å²) in [4.78, 5) is 0. The first-order valence-corrected chi connectivity index (χ1v) is 17.3. The quantitative estimate of drug-likeness (QED) is 0.188. The molecule has 0 atom stereocenters. The zero-order valence-corrected chi connectivity index (χ0v) is 27.7. The maximum Gasteiger partial charge on any atom is 0.101 e. The van der Waals surface area contributed by atoms with Crippen molar-refractivity contribution in [3.8, 4) is 40.7 Å². The average Bonchev–Trinajstić information content (AvgIpc) is 3.85. The predicted octanol–water partition coefficient (Wildman–Crippen LogP) is 11.5. The van der Waals surface area contributed by atoms with Gasteiger partial charge in [0.2, 0.25) is 0 Å². The highest BCUT2D eigenvalue weighted by molar-refractivity contribution is 7.26. The van der Waals surface area contributed by atoms with Crippen LogP contribution in [-0.2, 0) is 0 Å². The maximum atomic E-state index is 10.4. The van der Waals surface area contributed by atoms with Crippen molar-refractivity contribution in [2.75, 3.05) is 0 Å². The lowest BCUT2D eigenvalue weighted by Gasteiger charge is -2.13. The summed E-state index contributed by atoms with van der Waals surface area (Å²) in [5, 5.41) is 36.3. The van der Waals surface area contributed by atoms with Crippen molar-refractivity contribution in [3.05, 3.63) is 156 Å². The number of fused-ring (bicyclic) bond motifs is 10. The van der Waals surface area contributed by atoms with Crippen molar-refractivity contribution in [1.29, 1.82) is 15.8 Å². The molecule has 0 bridgehead atoms. The van der Waals surface area contributed by atoms with Crippen molar-refractivity contribution in [2.24, 2.45) is 0 Å². The summed E-state index contributed by atoms with van der Waals surface area (Å²) >= 11 is 1.52. The Labute approximate surface area is 295 Å². The second kappa shape index (κ2) is 10.9. The third kappa shape index (κ3) is 4.11. The molecule has 0 spiro atoms. The number of thiophene rings is 1. The van der Waals surface area contributed by atoms with Crippen LogP contribution >= 0.6 is 11.3 Å². The standard InChI is InChI=1S/C45H23N5S/c46-24-27-18-19-40-37(20-27)34-13-1-3-16-38(34)49(40)32-11-5-8-28(21-32)29-9-6-12-33(22-29)50-39-17-4-2-14-35(39)42-41(50)23-31(26-48)45-43(42)36-15-7-10-30(25-47)44(36)51-45/h1-23H. The van der Waals surface area contributed by atoms with Crippen LogP contribution in [0, 0.1) is 34.0 Å². The molecule has 0 radical (unpaired) electrons. The summed E-state index contributed by atoms with van der Waals surface area (Å²) in [6.07, 6.45) is 0. The highest BCUT2D eigenvalue weighted by atomic mass is 32.1. The third-order valence-corrected chi connectivity index (χ3v) is 11.3. The Hall–Kier alpha value is -7.17. The van der Waals surface area contributed by atoms with E-state index < -0.39 is 0 Å². The number of benzene rings is 7. The highest BCUT2D eigenvalue weighted by Crippen LogP contribution is 2.46. The van der Waals surface area contributed by atoms with Gasteiger partial charge in [0.05, 0.1) is 54.2 Å². The molecule has 7 aromatic carbocycles. The number of nitrogens with zero attached hydrogens (tertiary/aromatic N) is 5. The van der Waals surface area contributed by atoms with E-state index in [9.17, 15) is 15.8 Å². The fourth-order valence-corrected chi connectivity index (χ4v) is 9.07. The minimum Gasteiger partial charge on any atom is -0.309 e. The van der Waals surface area contributed by atoms with Gasteiger partial charge in [-0.1, -0.05) is 72.8 Å². The van der Waals surface area contributed by atoms with Crippen LogP contribution in [0.3, 0.4) is 0 Å². The second-order valence-electron chi connectivity index (χ2n) is 12.7. The molecule has 0 amide bonds. The predicted molar refractivity (Wildman–Crippen MR) is 208 cm³/mol. The molecule has 3 heterocycles. The van der Waals surface area contributed by atoms with Gasteiger partial charge in [0, 0.05) is 43.7 Å². The van der Waals surface area contributed by atoms with E-state index in [0.717, 1.165) is 86.3 Å². The molecule has 3 aromatic heterocycles. The third-order valence-electron chi connectivity index (χ3n) is 9.99. The van der Waals surface area contributed by atoms with E-state index in [1.807, 2.05) is 42.5 Å². The molecule has 10 rings (SSSR count). The molecule has 0 aliphatic carbocycles. The first-order valence-electron chi connectivity index (χ1n) is 16.5. The zero-order valence-electron chi connectivity index (χ0n) is 26.9. The molecule has 5 nitrogen and oxygen atoms in total. The van der Waals surface area contributed by atoms with Crippen molar-refractivity contribution in [2.45, 2.75) is 0 Å². The van der Waals surface area contributed by atoms with Crippen LogP contribution in [0.25, 0.3) is 86.3 Å². The van der Waals surface area contributed by atoms with Gasteiger partial charge in [0.15, 0.2) is 0 Å². The summed E-state index contributed by atoms with van der Waals surface area (Å²) in [6, 6.07) is 54.7. The van der Waals surface area contributed by atoms with Crippen molar-refractivity contribution >= 4 is 75.1 Å². The molecule has 234 valence electrons. The van der Waals surface area contributed by atoms with Gasteiger partial charge in [-0.2, -0.15) is 15.8 Å². The van der Waals surface area contributed by atoms with E-state index in [0.29, 0.717) is 16.7 Å². The Morgan fingerprint density at radius 2 is 1.02 bits per heavy atom. The SMILES string of the molecule is N#Cc1ccc2c(c1)c1ccccc1n2-c1cccc(-c2cccc(-n3c4ccccc4c4c5c(sc6c(C#N)cccc65)c(C#N)cc43)c2)c1. The maximum absolute atomic E-state index is 10.4. The molecular weight excluding hydrogens is 643 g/mol. The number of aromatic nitrogens is 2. The summed E-state index contributed by atoms with van der Waals surface area (Å²) in [5.74, 6) is 0. The Balaban J connectivity index is 1.20. The van der Waals surface area contributed by atoms with Crippen LogP contribution in [0.5, 0.6) is 0 Å². The van der Waals surface area contributed by atoms with E-state index in [4.69, 9.17) is 0 Å². The zero-order chi connectivity index (χ0) is 34.2. The molecule has 10 aromatic rings. The van der Waals surface area contributed by atoms with Gasteiger partial charge < -0.3 is 9.13 Å². The van der Waals surface area contributed by atoms with E-state index in [2.05, 4.69) is 124 Å². The van der Waals surface area contributed by atoms with Gasteiger partial charge in [-0.05, 0) is 77.9 Å². The van der Waals surface area contributed by atoms with Gasteiger partial charge in [-0.15, -0.1) is 11.3 Å². The van der Waals surface area contributed by atoms with E-state index >= 15 is 0 Å². The fourth-order valence-electron chi connectivity index (χ4n) is 7.84. The molecular formula is C45H23N5S. The summed E-state index contributed by atoms with van der Waals surface area (Å²) in [7, 11) is 0. The summed E-state index contributed by atoms with van der Waals surface area (Å²) in [6.45, 7) is 0. The molecule has 0 fully saturated rings.